The molecule has 0 spiro atoms. The molecule has 0 heterocycles. The van der Waals surface area contributed by atoms with Gasteiger partial charge in [0.05, 0.1) is 0 Å². The molecular weight excluding hydrogens is 289 g/mol. The highest BCUT2D eigenvalue weighted by molar-refractivity contribution is 7.81. The fourth-order valence-electron chi connectivity index (χ4n) is 1.86. The second kappa shape index (κ2) is 5.01. The van der Waals surface area contributed by atoms with Crippen LogP contribution in [0.3, 0.4) is 0 Å². The molecule has 0 unspecified atom stereocenters. The fourth-order valence-corrected chi connectivity index (χ4v) is 2.25. The Hall–Kier alpha value is -1.29. The van der Waals surface area contributed by atoms with Crippen LogP contribution in [-0.2, 0) is 17.0 Å². The van der Waals surface area contributed by atoms with Crippen LogP contribution < -0.4 is 15.4 Å². The molecule has 19 heavy (non-hydrogen) atoms. The van der Waals surface area contributed by atoms with E-state index in [0.29, 0.717) is 0 Å². The number of nitrogens with two attached hydrogens (primary N) is 1. The van der Waals surface area contributed by atoms with Gasteiger partial charge in [0.15, 0.2) is 0 Å². The maximum absolute atomic E-state index is 13.0. The summed E-state index contributed by atoms with van der Waals surface area (Å²) in [4.78, 5) is 0. The average molecular weight is 300 g/mol. The monoisotopic (exact) mass is 300 g/mol. The van der Waals surface area contributed by atoms with Gasteiger partial charge in [0.25, 0.3) is 0 Å². The van der Waals surface area contributed by atoms with Crippen molar-refractivity contribution in [3.8, 4) is 5.75 Å². The zero-order valence-corrected chi connectivity index (χ0v) is 10.9. The maximum Gasteiger partial charge on any atom is 0.510 e. The molecule has 0 aliphatic heterocycles. The van der Waals surface area contributed by atoms with E-state index in [1.54, 1.807) is 0 Å². The fraction of sp³-hybridized carbons (Fsp3) is 0.333. The molecule has 0 saturated heterocycles. The minimum absolute atomic E-state index is 0.0402. The first-order valence-corrected chi connectivity index (χ1v) is 6.45. The van der Waals surface area contributed by atoms with E-state index >= 15 is 0 Å². The SMILES string of the molecule is Cc1c(CN)cc(OS(=O)(=O)F)c(C)c1[B-](F)(F)F. The summed E-state index contributed by atoms with van der Waals surface area (Å²) in [6, 6.07) is 0.993. The predicted octanol–water partition coefficient (Wildman–Crippen LogP) is 1.41. The lowest BCUT2D eigenvalue weighted by atomic mass is 9.72. The molecule has 0 bridgehead atoms. The Morgan fingerprint density at radius 3 is 2.16 bits per heavy atom. The minimum Gasteiger partial charge on any atom is -0.445 e. The second-order valence-corrected chi connectivity index (χ2v) is 4.91. The van der Waals surface area contributed by atoms with Gasteiger partial charge < -0.3 is 22.9 Å². The number of halogens is 4. The van der Waals surface area contributed by atoms with Crippen molar-refractivity contribution in [2.75, 3.05) is 0 Å². The highest BCUT2D eigenvalue weighted by Gasteiger charge is 2.32. The molecule has 1 aromatic carbocycles. The zero-order chi connectivity index (χ0) is 15.0. The molecule has 1 rings (SSSR count). The van der Waals surface area contributed by atoms with E-state index in [-0.39, 0.29) is 17.7 Å². The van der Waals surface area contributed by atoms with Crippen LogP contribution in [0.15, 0.2) is 6.07 Å². The molecule has 0 saturated carbocycles. The Morgan fingerprint density at radius 1 is 1.26 bits per heavy atom. The summed E-state index contributed by atoms with van der Waals surface area (Å²) in [6.45, 7) is -3.43. The minimum atomic E-state index is -5.40. The van der Waals surface area contributed by atoms with Crippen LogP contribution >= 0.6 is 0 Å². The number of hydrogen-bond donors (Lipinski definition) is 1. The lowest BCUT2D eigenvalue weighted by Crippen LogP contribution is -2.39. The lowest BCUT2D eigenvalue weighted by molar-refractivity contribution is 0.437. The van der Waals surface area contributed by atoms with Crippen LogP contribution in [0.4, 0.5) is 16.8 Å². The number of hydrogen-bond acceptors (Lipinski definition) is 4. The van der Waals surface area contributed by atoms with Crippen molar-refractivity contribution in [1.82, 2.24) is 0 Å². The van der Waals surface area contributed by atoms with Gasteiger partial charge in [0, 0.05) is 6.54 Å². The van der Waals surface area contributed by atoms with Crippen LogP contribution in [0.25, 0.3) is 0 Å². The highest BCUT2D eigenvalue weighted by atomic mass is 32.3. The van der Waals surface area contributed by atoms with Crippen LogP contribution in [-0.4, -0.2) is 15.4 Å². The molecule has 0 aromatic heterocycles. The van der Waals surface area contributed by atoms with Crippen molar-refractivity contribution in [2.24, 2.45) is 5.73 Å². The van der Waals surface area contributed by atoms with Crippen molar-refractivity contribution < 1.29 is 29.4 Å². The summed E-state index contributed by atoms with van der Waals surface area (Å²) in [7, 11) is -5.40. The maximum atomic E-state index is 13.0. The van der Waals surface area contributed by atoms with Gasteiger partial charge >= 0.3 is 17.5 Å². The zero-order valence-electron chi connectivity index (χ0n) is 10.1. The molecule has 10 heteroatoms. The standard InChI is InChI=1S/C9H11BF4NO3S/c1-5-7(4-15)3-8(18-19(14,16)17)6(2)9(5)10(11,12)13/h3H,4,15H2,1-2H3/q-1. The van der Waals surface area contributed by atoms with E-state index < -0.39 is 34.3 Å². The molecule has 0 aliphatic rings. The first-order chi connectivity index (χ1) is 8.47. The molecule has 0 radical (unpaired) electrons. The summed E-state index contributed by atoms with van der Waals surface area (Å²) < 4.78 is 76.1. The summed E-state index contributed by atoms with van der Waals surface area (Å²) in [6.07, 6.45) is 0. The largest absolute Gasteiger partial charge is 0.510 e. The Labute approximate surface area is 108 Å². The van der Waals surface area contributed by atoms with Gasteiger partial charge in [-0.2, -0.15) is 8.42 Å². The third-order valence-corrected chi connectivity index (χ3v) is 3.08. The average Bonchev–Trinajstić information content (AvgIpc) is 2.18. The van der Waals surface area contributed by atoms with Crippen LogP contribution in [0.1, 0.15) is 16.7 Å². The van der Waals surface area contributed by atoms with E-state index in [2.05, 4.69) is 4.18 Å². The van der Waals surface area contributed by atoms with Crippen molar-refractivity contribution in [1.29, 1.82) is 0 Å². The van der Waals surface area contributed by atoms with E-state index in [9.17, 15) is 25.3 Å². The Morgan fingerprint density at radius 2 is 1.79 bits per heavy atom. The number of rotatable bonds is 4. The first kappa shape index (κ1) is 15.8. The van der Waals surface area contributed by atoms with Crippen LogP contribution in [0.2, 0.25) is 0 Å². The van der Waals surface area contributed by atoms with Gasteiger partial charge in [0.1, 0.15) is 5.75 Å². The first-order valence-electron chi connectivity index (χ1n) is 5.14. The van der Waals surface area contributed by atoms with E-state index in [0.717, 1.165) is 13.0 Å². The molecule has 2 N–H and O–H groups in total. The van der Waals surface area contributed by atoms with E-state index in [4.69, 9.17) is 5.73 Å². The van der Waals surface area contributed by atoms with Crippen LogP contribution in [0.5, 0.6) is 5.75 Å². The normalized spacial score (nSPS) is 12.6. The summed E-state index contributed by atoms with van der Waals surface area (Å²) in [5.41, 5.74) is 3.72. The second-order valence-electron chi connectivity index (χ2n) is 3.95. The molecule has 0 aliphatic carbocycles. The van der Waals surface area contributed by atoms with Crippen LogP contribution in [0, 0.1) is 13.8 Å². The Kier molecular flexibility index (Phi) is 4.16. The van der Waals surface area contributed by atoms with E-state index in [1.165, 1.54) is 6.92 Å². The van der Waals surface area contributed by atoms with Crippen molar-refractivity contribution in [3.63, 3.8) is 0 Å². The molecule has 4 nitrogen and oxygen atoms in total. The van der Waals surface area contributed by atoms with Crippen molar-refractivity contribution in [2.45, 2.75) is 20.4 Å². The van der Waals surface area contributed by atoms with E-state index in [1.807, 2.05) is 0 Å². The smallest absolute Gasteiger partial charge is 0.445 e. The van der Waals surface area contributed by atoms with Gasteiger partial charge in [-0.25, -0.2) is 0 Å². The van der Waals surface area contributed by atoms with Gasteiger partial charge in [0.2, 0.25) is 0 Å². The molecule has 108 valence electrons. The summed E-state index contributed by atoms with van der Waals surface area (Å²) in [5, 5.41) is 0. The molecule has 0 amide bonds. The lowest BCUT2D eigenvalue weighted by Gasteiger charge is -2.24. The quantitative estimate of drug-likeness (QED) is 0.518. The summed E-state index contributed by atoms with van der Waals surface area (Å²) in [5.74, 6) is -0.706. The number of benzene rings is 1. The molecular formula is C9H11BF4NO3S-. The molecule has 1 aromatic rings. The van der Waals surface area contributed by atoms with Crippen molar-refractivity contribution in [3.05, 3.63) is 22.8 Å². The van der Waals surface area contributed by atoms with Gasteiger partial charge in [-0.05, 0) is 31.0 Å². The van der Waals surface area contributed by atoms with Gasteiger partial charge in [-0.3, -0.25) is 0 Å². The van der Waals surface area contributed by atoms with Gasteiger partial charge in [-0.15, -0.1) is 0 Å². The third kappa shape index (κ3) is 3.60. The molecule has 0 fully saturated rings. The topological polar surface area (TPSA) is 69.4 Å². The highest BCUT2D eigenvalue weighted by Crippen LogP contribution is 2.27. The predicted molar refractivity (Wildman–Crippen MR) is 63.2 cm³/mol. The third-order valence-electron chi connectivity index (χ3n) is 2.70. The van der Waals surface area contributed by atoms with Gasteiger partial charge in [-0.1, -0.05) is 14.9 Å². The van der Waals surface area contributed by atoms with Crippen molar-refractivity contribution >= 4 is 22.9 Å². The molecule has 0 atom stereocenters. The Bertz CT molecular complexity index is 600. The summed E-state index contributed by atoms with van der Waals surface area (Å²) >= 11 is 0. The Balaban J connectivity index is 3.60.